The Morgan fingerprint density at radius 1 is 0.296 bits per heavy atom. The molecule has 0 aliphatic carbocycles. The standard InChI is InChI=1S/C79H138O17P2/c1-5-9-13-17-21-25-29-33-35-36-38-42-44-48-52-56-60-64-77(82)90-70-75(96-79(84)66-62-58-54-50-46-40-32-28-24-20-16-12-8-4)72-94-98(87,88)92-68-73(80)67-91-97(85,86)93-71-74(95-78(83)65-61-57-53-49-45-39-31-27-23-19-15-11-7-3)69-89-76(81)63-59-55-51-47-43-41-37-34-30-26-22-18-14-10-6-2/h9-10,13-14,21-22,25-27,31,33-35,37,43,47,73-75,80H,5-8,11-12,15-20,23-24,28-30,32,36,38-42,44-46,48-72H2,1-4H3,(H,85,86)(H,87,88)/b13-9-,14-10-,25-21-,26-22-,31-27-,35-33-,37-34-,47-43-. The largest absolute Gasteiger partial charge is 0.472 e. The van der Waals surface area contributed by atoms with Crippen molar-refractivity contribution in [2.24, 2.45) is 0 Å². The highest BCUT2D eigenvalue weighted by Crippen LogP contribution is 2.45. The van der Waals surface area contributed by atoms with Gasteiger partial charge in [0.05, 0.1) is 26.4 Å². The fraction of sp³-hybridized carbons (Fsp3) is 0.747. The maximum atomic E-state index is 13.1. The van der Waals surface area contributed by atoms with Crippen LogP contribution >= 0.6 is 15.6 Å². The van der Waals surface area contributed by atoms with Gasteiger partial charge in [0.15, 0.2) is 12.2 Å². The van der Waals surface area contributed by atoms with E-state index in [0.717, 1.165) is 167 Å². The van der Waals surface area contributed by atoms with E-state index in [0.29, 0.717) is 25.7 Å². The zero-order chi connectivity index (χ0) is 71.8. The number of ether oxygens (including phenoxy) is 4. The van der Waals surface area contributed by atoms with Crippen molar-refractivity contribution in [2.75, 3.05) is 39.6 Å². The Bertz CT molecular complexity index is 2240. The molecule has 0 heterocycles. The van der Waals surface area contributed by atoms with Crippen molar-refractivity contribution in [2.45, 2.75) is 341 Å². The van der Waals surface area contributed by atoms with E-state index in [1.807, 2.05) is 0 Å². The van der Waals surface area contributed by atoms with Gasteiger partial charge < -0.3 is 33.8 Å². The van der Waals surface area contributed by atoms with E-state index < -0.39 is 97.5 Å². The second-order valence-corrected chi connectivity index (χ2v) is 28.4. The van der Waals surface area contributed by atoms with E-state index in [-0.39, 0.29) is 25.7 Å². The molecule has 0 saturated carbocycles. The first-order valence-electron chi connectivity index (χ1n) is 38.5. The van der Waals surface area contributed by atoms with E-state index in [1.54, 1.807) is 0 Å². The van der Waals surface area contributed by atoms with Crippen LogP contribution in [0, 0.1) is 0 Å². The highest BCUT2D eigenvalue weighted by Gasteiger charge is 2.30. The second-order valence-electron chi connectivity index (χ2n) is 25.5. The van der Waals surface area contributed by atoms with Gasteiger partial charge >= 0.3 is 39.5 Å². The topological polar surface area (TPSA) is 237 Å². The van der Waals surface area contributed by atoms with Crippen molar-refractivity contribution in [3.63, 3.8) is 0 Å². The number of aliphatic hydroxyl groups excluding tert-OH is 1. The Morgan fingerprint density at radius 3 is 0.857 bits per heavy atom. The first kappa shape index (κ1) is 94.0. The monoisotopic (exact) mass is 1420 g/mol. The SMILES string of the molecule is CC/C=C\C/C=C\C/C=C\C/C=C\CCCCC(=O)OCC(COP(=O)(O)OCC(O)COP(=O)(O)OCC(COC(=O)CCCCCCCCC/C=C\C/C=C\C/C=C\CC)OC(=O)CCCCCCCCCCCCCCC)OC(=O)CCCCCCC/C=C\CCCCCC. The molecule has 566 valence electrons. The zero-order valence-electron chi connectivity index (χ0n) is 61.7. The molecule has 0 spiro atoms. The molecule has 0 amide bonds. The molecule has 0 saturated heterocycles. The summed E-state index contributed by atoms with van der Waals surface area (Å²) >= 11 is 0. The first-order chi connectivity index (χ1) is 47.7. The molecule has 17 nitrogen and oxygen atoms in total. The number of unbranched alkanes of at least 4 members (excludes halogenated alkanes) is 30. The lowest BCUT2D eigenvalue weighted by atomic mass is 10.0. The summed E-state index contributed by atoms with van der Waals surface area (Å²) in [7, 11) is -9.96. The predicted octanol–water partition coefficient (Wildman–Crippen LogP) is 22.0. The average Bonchev–Trinajstić information content (AvgIpc) is 0.971. The Labute approximate surface area is 595 Å². The molecule has 0 aromatic heterocycles. The Balaban J connectivity index is 5.36. The number of esters is 4. The smallest absolute Gasteiger partial charge is 0.462 e. The molecule has 0 aromatic carbocycles. The summed E-state index contributed by atoms with van der Waals surface area (Å²) in [5, 5.41) is 10.6. The molecular weight excluding hydrogens is 1280 g/mol. The molecule has 0 fully saturated rings. The van der Waals surface area contributed by atoms with Crippen LogP contribution in [0.3, 0.4) is 0 Å². The Hall–Kier alpha value is -4.02. The van der Waals surface area contributed by atoms with Crippen molar-refractivity contribution >= 4 is 39.5 Å². The third-order valence-electron chi connectivity index (χ3n) is 16.0. The van der Waals surface area contributed by atoms with Crippen LogP contribution < -0.4 is 0 Å². The number of phosphoric ester groups is 2. The van der Waals surface area contributed by atoms with Gasteiger partial charge in [0.2, 0.25) is 0 Å². The molecule has 19 heteroatoms. The third kappa shape index (κ3) is 70.4. The molecule has 3 N–H and O–H groups in total. The van der Waals surface area contributed by atoms with Crippen LogP contribution in [0.15, 0.2) is 97.2 Å². The van der Waals surface area contributed by atoms with Crippen LogP contribution in [-0.2, 0) is 65.4 Å². The number of phosphoric acid groups is 2. The summed E-state index contributed by atoms with van der Waals surface area (Å²) in [6.45, 7) is 4.59. The Kier molecular flexibility index (Phi) is 68.4. The highest BCUT2D eigenvalue weighted by atomic mass is 31.2. The maximum Gasteiger partial charge on any atom is 0.472 e. The third-order valence-corrected chi connectivity index (χ3v) is 17.9. The minimum Gasteiger partial charge on any atom is -0.462 e. The lowest BCUT2D eigenvalue weighted by Crippen LogP contribution is -2.30. The number of hydrogen-bond acceptors (Lipinski definition) is 15. The molecule has 0 rings (SSSR count). The van der Waals surface area contributed by atoms with Gasteiger partial charge in [-0.3, -0.25) is 37.3 Å². The number of hydrogen-bond donors (Lipinski definition) is 3. The minimum absolute atomic E-state index is 0.0762. The van der Waals surface area contributed by atoms with Crippen LogP contribution in [0.2, 0.25) is 0 Å². The minimum atomic E-state index is -4.98. The number of rotatable bonds is 72. The van der Waals surface area contributed by atoms with Crippen molar-refractivity contribution in [1.82, 2.24) is 0 Å². The summed E-state index contributed by atoms with van der Waals surface area (Å²) in [5.74, 6) is -2.23. The molecule has 5 unspecified atom stereocenters. The summed E-state index contributed by atoms with van der Waals surface area (Å²) < 4.78 is 68.4. The lowest BCUT2D eigenvalue weighted by molar-refractivity contribution is -0.161. The van der Waals surface area contributed by atoms with Crippen LogP contribution in [0.25, 0.3) is 0 Å². The normalized spacial score (nSPS) is 14.5. The summed E-state index contributed by atoms with van der Waals surface area (Å²) in [5.41, 5.74) is 0. The zero-order valence-corrected chi connectivity index (χ0v) is 63.5. The van der Waals surface area contributed by atoms with Crippen molar-refractivity contribution < 1.29 is 80.2 Å². The van der Waals surface area contributed by atoms with E-state index in [1.165, 1.54) is 77.0 Å². The van der Waals surface area contributed by atoms with Crippen molar-refractivity contribution in [3.05, 3.63) is 97.2 Å². The van der Waals surface area contributed by atoms with E-state index in [2.05, 4.69) is 125 Å². The summed E-state index contributed by atoms with van der Waals surface area (Å²) in [4.78, 5) is 72.8. The highest BCUT2D eigenvalue weighted by molar-refractivity contribution is 7.47. The maximum absolute atomic E-state index is 13.1. The van der Waals surface area contributed by atoms with Crippen molar-refractivity contribution in [1.29, 1.82) is 0 Å². The molecule has 0 aliphatic rings. The number of carbonyl (C=O) groups excluding carboxylic acids is 4. The average molecular weight is 1420 g/mol. The fourth-order valence-electron chi connectivity index (χ4n) is 10.2. The Morgan fingerprint density at radius 2 is 0.531 bits per heavy atom. The molecule has 0 aromatic rings. The first-order valence-corrected chi connectivity index (χ1v) is 41.5. The second kappa shape index (κ2) is 71.4. The van der Waals surface area contributed by atoms with Crippen molar-refractivity contribution in [3.8, 4) is 0 Å². The molecule has 5 atom stereocenters. The van der Waals surface area contributed by atoms with E-state index in [4.69, 9.17) is 37.0 Å². The number of aliphatic hydroxyl groups is 1. The molecule has 0 aliphatic heterocycles. The van der Waals surface area contributed by atoms with Crippen LogP contribution in [0.5, 0.6) is 0 Å². The molecule has 0 bridgehead atoms. The summed E-state index contributed by atoms with van der Waals surface area (Å²) in [6, 6.07) is 0. The van der Waals surface area contributed by atoms with Gasteiger partial charge in [-0.25, -0.2) is 9.13 Å². The van der Waals surface area contributed by atoms with Crippen LogP contribution in [0.1, 0.15) is 323 Å². The fourth-order valence-corrected chi connectivity index (χ4v) is 11.8. The van der Waals surface area contributed by atoms with Gasteiger partial charge in [-0.2, -0.15) is 0 Å². The van der Waals surface area contributed by atoms with Crippen LogP contribution in [-0.4, -0.2) is 96.7 Å². The summed E-state index contributed by atoms with van der Waals surface area (Å²) in [6.07, 6.45) is 74.0. The van der Waals surface area contributed by atoms with Gasteiger partial charge in [-0.05, 0) is 122 Å². The van der Waals surface area contributed by atoms with E-state index >= 15 is 0 Å². The predicted molar refractivity (Wildman–Crippen MR) is 399 cm³/mol. The van der Waals surface area contributed by atoms with Gasteiger partial charge in [0, 0.05) is 25.7 Å². The molecule has 0 radical (unpaired) electrons. The van der Waals surface area contributed by atoms with Gasteiger partial charge in [0.25, 0.3) is 0 Å². The lowest BCUT2D eigenvalue weighted by Gasteiger charge is -2.21. The number of carbonyl (C=O) groups is 4. The van der Waals surface area contributed by atoms with Gasteiger partial charge in [-0.1, -0.05) is 273 Å². The van der Waals surface area contributed by atoms with Crippen LogP contribution in [0.4, 0.5) is 0 Å². The van der Waals surface area contributed by atoms with E-state index in [9.17, 15) is 43.2 Å². The quantitative estimate of drug-likeness (QED) is 0.0169. The molecular formula is C79H138O17P2. The molecule has 98 heavy (non-hydrogen) atoms. The van der Waals surface area contributed by atoms with Gasteiger partial charge in [-0.15, -0.1) is 0 Å². The van der Waals surface area contributed by atoms with Gasteiger partial charge in [0.1, 0.15) is 19.3 Å². The number of allylic oxidation sites excluding steroid dienone is 16.